The standard InChI is InChI=1S/C10H14IN3O/c1-6-8(11)10(12-2)14-9(13-6)7-3-4-15-5-7/h7H,3-5H2,1-2H3,(H,12,13,14). The number of halogens is 1. The Labute approximate surface area is 103 Å². The highest BCUT2D eigenvalue weighted by Gasteiger charge is 2.22. The summed E-state index contributed by atoms with van der Waals surface area (Å²) in [6.07, 6.45) is 1.03. The predicted octanol–water partition coefficient (Wildman–Crippen LogP) is 1.94. The van der Waals surface area contributed by atoms with Crippen LogP contribution in [0, 0.1) is 10.5 Å². The second-order valence-corrected chi connectivity index (χ2v) is 4.72. The van der Waals surface area contributed by atoms with Crippen LogP contribution in [0.1, 0.15) is 23.9 Å². The molecule has 0 radical (unpaired) electrons. The molecule has 0 aliphatic carbocycles. The number of nitrogens with one attached hydrogen (secondary N) is 1. The van der Waals surface area contributed by atoms with E-state index in [2.05, 4.69) is 37.9 Å². The minimum Gasteiger partial charge on any atom is -0.381 e. The first-order valence-electron chi connectivity index (χ1n) is 5.02. The normalized spacial score (nSPS) is 20.6. The summed E-state index contributed by atoms with van der Waals surface area (Å²) >= 11 is 2.27. The second kappa shape index (κ2) is 4.61. The Kier molecular flexibility index (Phi) is 3.40. The maximum absolute atomic E-state index is 5.35. The lowest BCUT2D eigenvalue weighted by molar-refractivity contribution is 0.193. The topological polar surface area (TPSA) is 47.0 Å². The molecule has 0 aromatic carbocycles. The van der Waals surface area contributed by atoms with Crippen molar-refractivity contribution in [3.63, 3.8) is 0 Å². The zero-order valence-electron chi connectivity index (χ0n) is 8.88. The molecule has 1 aliphatic rings. The number of aromatic nitrogens is 2. The van der Waals surface area contributed by atoms with Crippen LogP contribution >= 0.6 is 22.6 Å². The first-order valence-corrected chi connectivity index (χ1v) is 6.09. The van der Waals surface area contributed by atoms with E-state index in [1.54, 1.807) is 0 Å². The average Bonchev–Trinajstić information content (AvgIpc) is 2.75. The Morgan fingerprint density at radius 1 is 1.47 bits per heavy atom. The third-order valence-corrected chi connectivity index (χ3v) is 3.86. The molecule has 5 heteroatoms. The van der Waals surface area contributed by atoms with Crippen LogP contribution in [0.3, 0.4) is 0 Å². The van der Waals surface area contributed by atoms with Crippen molar-refractivity contribution < 1.29 is 4.74 Å². The summed E-state index contributed by atoms with van der Waals surface area (Å²) in [5.41, 5.74) is 1.04. The second-order valence-electron chi connectivity index (χ2n) is 3.64. The molecule has 4 nitrogen and oxygen atoms in total. The number of ether oxygens (including phenoxy) is 1. The van der Waals surface area contributed by atoms with Gasteiger partial charge in [0.05, 0.1) is 15.9 Å². The van der Waals surface area contributed by atoms with Crippen molar-refractivity contribution in [3.8, 4) is 0 Å². The fourth-order valence-corrected chi connectivity index (χ4v) is 2.18. The minimum atomic E-state index is 0.368. The summed E-state index contributed by atoms with van der Waals surface area (Å²) in [4.78, 5) is 9.05. The Morgan fingerprint density at radius 3 is 2.87 bits per heavy atom. The number of hydrogen-bond donors (Lipinski definition) is 1. The molecular formula is C10H14IN3O. The van der Waals surface area contributed by atoms with Gasteiger partial charge >= 0.3 is 0 Å². The molecule has 1 fully saturated rings. The van der Waals surface area contributed by atoms with E-state index in [9.17, 15) is 0 Å². The number of aryl methyl sites for hydroxylation is 1. The maximum Gasteiger partial charge on any atom is 0.143 e. The lowest BCUT2D eigenvalue weighted by Gasteiger charge is -2.11. The Bertz CT molecular complexity index is 364. The van der Waals surface area contributed by atoms with Gasteiger partial charge in [-0.3, -0.25) is 0 Å². The third-order valence-electron chi connectivity index (χ3n) is 2.57. The summed E-state index contributed by atoms with van der Waals surface area (Å²) in [6.45, 7) is 3.60. The summed E-state index contributed by atoms with van der Waals surface area (Å²) < 4.78 is 6.45. The smallest absolute Gasteiger partial charge is 0.143 e. The monoisotopic (exact) mass is 319 g/mol. The van der Waals surface area contributed by atoms with Crippen LogP contribution in [0.25, 0.3) is 0 Å². The summed E-state index contributed by atoms with van der Waals surface area (Å²) in [7, 11) is 1.89. The highest BCUT2D eigenvalue weighted by Crippen LogP contribution is 2.26. The molecule has 82 valence electrons. The Balaban J connectivity index is 2.35. The Hall–Kier alpha value is -0.430. The molecule has 0 bridgehead atoms. The fraction of sp³-hybridized carbons (Fsp3) is 0.600. The van der Waals surface area contributed by atoms with Gasteiger partial charge in [-0.15, -0.1) is 0 Å². The molecule has 1 aliphatic heterocycles. The zero-order chi connectivity index (χ0) is 10.8. The maximum atomic E-state index is 5.35. The molecule has 0 amide bonds. The van der Waals surface area contributed by atoms with E-state index in [0.717, 1.165) is 40.5 Å². The van der Waals surface area contributed by atoms with E-state index in [1.165, 1.54) is 0 Å². The fourth-order valence-electron chi connectivity index (χ4n) is 1.67. The first kappa shape index (κ1) is 11.1. The molecule has 2 rings (SSSR count). The number of nitrogens with zero attached hydrogens (tertiary/aromatic N) is 2. The molecule has 1 unspecified atom stereocenters. The van der Waals surface area contributed by atoms with Crippen LogP contribution in [0.4, 0.5) is 5.82 Å². The first-order chi connectivity index (χ1) is 7.22. The van der Waals surface area contributed by atoms with Gasteiger partial charge < -0.3 is 10.1 Å². The highest BCUT2D eigenvalue weighted by molar-refractivity contribution is 14.1. The Morgan fingerprint density at radius 2 is 2.27 bits per heavy atom. The van der Waals surface area contributed by atoms with Crippen molar-refractivity contribution in [3.05, 3.63) is 15.1 Å². The van der Waals surface area contributed by atoms with Crippen LogP contribution in [-0.4, -0.2) is 30.2 Å². The largest absolute Gasteiger partial charge is 0.381 e. The van der Waals surface area contributed by atoms with Gasteiger partial charge in [0.1, 0.15) is 11.6 Å². The molecule has 1 N–H and O–H groups in total. The van der Waals surface area contributed by atoms with E-state index in [0.29, 0.717) is 5.92 Å². The lowest BCUT2D eigenvalue weighted by atomic mass is 10.1. The van der Waals surface area contributed by atoms with Gasteiger partial charge in [0.15, 0.2) is 0 Å². The molecule has 2 heterocycles. The molecule has 1 saturated heterocycles. The van der Waals surface area contributed by atoms with Gasteiger partial charge in [-0.05, 0) is 35.9 Å². The predicted molar refractivity (Wildman–Crippen MR) is 67.2 cm³/mol. The van der Waals surface area contributed by atoms with E-state index >= 15 is 0 Å². The van der Waals surface area contributed by atoms with Crippen LogP contribution in [-0.2, 0) is 4.74 Å². The van der Waals surface area contributed by atoms with Crippen LogP contribution in [0.15, 0.2) is 0 Å². The van der Waals surface area contributed by atoms with Crippen molar-refractivity contribution in [2.45, 2.75) is 19.3 Å². The lowest BCUT2D eigenvalue weighted by Crippen LogP contribution is -2.09. The van der Waals surface area contributed by atoms with Gasteiger partial charge in [0.2, 0.25) is 0 Å². The summed E-state index contributed by atoms with van der Waals surface area (Å²) in [6, 6.07) is 0. The van der Waals surface area contributed by atoms with E-state index < -0.39 is 0 Å². The molecule has 1 aromatic heterocycles. The zero-order valence-corrected chi connectivity index (χ0v) is 11.0. The number of hydrogen-bond acceptors (Lipinski definition) is 4. The van der Waals surface area contributed by atoms with Crippen LogP contribution in [0.5, 0.6) is 0 Å². The van der Waals surface area contributed by atoms with Gasteiger partial charge in [-0.1, -0.05) is 0 Å². The molecule has 1 aromatic rings. The molecule has 1 atom stereocenters. The van der Waals surface area contributed by atoms with Gasteiger partial charge in [0.25, 0.3) is 0 Å². The van der Waals surface area contributed by atoms with Crippen molar-refractivity contribution in [2.24, 2.45) is 0 Å². The summed E-state index contributed by atoms with van der Waals surface area (Å²) in [5, 5.41) is 3.10. The van der Waals surface area contributed by atoms with E-state index in [1.807, 2.05) is 14.0 Å². The van der Waals surface area contributed by atoms with Gasteiger partial charge in [0, 0.05) is 19.6 Å². The average molecular weight is 319 g/mol. The summed E-state index contributed by atoms with van der Waals surface area (Å²) in [5.74, 6) is 2.20. The molecule has 0 spiro atoms. The SMILES string of the molecule is CNc1nc(C2CCOC2)nc(C)c1I. The van der Waals surface area contributed by atoms with Crippen molar-refractivity contribution in [1.82, 2.24) is 9.97 Å². The quantitative estimate of drug-likeness (QED) is 0.846. The van der Waals surface area contributed by atoms with E-state index in [-0.39, 0.29) is 0 Å². The van der Waals surface area contributed by atoms with Crippen LogP contribution in [0.2, 0.25) is 0 Å². The van der Waals surface area contributed by atoms with Crippen molar-refractivity contribution in [2.75, 3.05) is 25.6 Å². The number of rotatable bonds is 2. The minimum absolute atomic E-state index is 0.368. The highest BCUT2D eigenvalue weighted by atomic mass is 127. The number of anilines is 1. The third kappa shape index (κ3) is 2.23. The van der Waals surface area contributed by atoms with Crippen molar-refractivity contribution >= 4 is 28.4 Å². The molecular weight excluding hydrogens is 305 g/mol. The molecule has 0 saturated carbocycles. The van der Waals surface area contributed by atoms with Crippen LogP contribution < -0.4 is 5.32 Å². The molecule has 15 heavy (non-hydrogen) atoms. The van der Waals surface area contributed by atoms with E-state index in [4.69, 9.17) is 4.74 Å². The van der Waals surface area contributed by atoms with Gasteiger partial charge in [-0.25, -0.2) is 9.97 Å². The van der Waals surface area contributed by atoms with Gasteiger partial charge in [-0.2, -0.15) is 0 Å². The van der Waals surface area contributed by atoms with Crippen molar-refractivity contribution in [1.29, 1.82) is 0 Å².